The molecule has 146 valence electrons. The van der Waals surface area contributed by atoms with E-state index in [1.807, 2.05) is 42.2 Å². The highest BCUT2D eigenvalue weighted by molar-refractivity contribution is 5.92. The third kappa shape index (κ3) is 4.09. The van der Waals surface area contributed by atoms with Crippen LogP contribution in [0.2, 0.25) is 0 Å². The number of methoxy groups -OCH3 is 1. The van der Waals surface area contributed by atoms with Gasteiger partial charge in [0.05, 0.1) is 18.1 Å². The summed E-state index contributed by atoms with van der Waals surface area (Å²) in [6, 6.07) is 13.8. The molecule has 1 fully saturated rings. The Hall–Kier alpha value is -3.06. The fourth-order valence-corrected chi connectivity index (χ4v) is 3.56. The monoisotopic (exact) mass is 379 g/mol. The van der Waals surface area contributed by atoms with Gasteiger partial charge >= 0.3 is 6.03 Å². The fraction of sp³-hybridized carbons (Fsp3) is 0.333. The van der Waals surface area contributed by atoms with Crippen LogP contribution in [0, 0.1) is 6.92 Å². The Morgan fingerprint density at radius 1 is 1.18 bits per heavy atom. The number of imidazole rings is 1. The quantitative estimate of drug-likeness (QED) is 0.730. The number of ether oxygens (including phenoxy) is 1. The van der Waals surface area contributed by atoms with Gasteiger partial charge in [0.15, 0.2) is 0 Å². The van der Waals surface area contributed by atoms with E-state index in [0.29, 0.717) is 13.1 Å². The van der Waals surface area contributed by atoms with Crippen molar-refractivity contribution in [2.24, 2.45) is 0 Å². The predicted molar refractivity (Wildman–Crippen MR) is 110 cm³/mol. The lowest BCUT2D eigenvalue weighted by Gasteiger charge is -2.34. The molecule has 7 nitrogen and oxygen atoms in total. The fourth-order valence-electron chi connectivity index (χ4n) is 3.56. The van der Waals surface area contributed by atoms with Gasteiger partial charge < -0.3 is 19.9 Å². The number of aromatic nitrogens is 2. The van der Waals surface area contributed by atoms with E-state index >= 15 is 0 Å². The van der Waals surface area contributed by atoms with Crippen LogP contribution in [0.3, 0.4) is 0 Å². The molecule has 0 bridgehead atoms. The van der Waals surface area contributed by atoms with Gasteiger partial charge in [-0.25, -0.2) is 9.78 Å². The van der Waals surface area contributed by atoms with Gasteiger partial charge in [-0.05, 0) is 42.8 Å². The number of rotatable bonds is 4. The molecule has 1 aromatic heterocycles. The molecule has 2 aromatic carbocycles. The highest BCUT2D eigenvalue weighted by Crippen LogP contribution is 2.18. The molecule has 28 heavy (non-hydrogen) atoms. The standard InChI is InChI=1S/C21H25N5O2/c1-15-22-19-7-6-17(13-20(19)23-15)24-21(27)26-10-8-25(9-11-26)14-16-4-3-5-18(12-16)28-2/h3-7,12-13H,8-11,14H2,1-2H3,(H,22,23)(H,24,27). The van der Waals surface area contributed by atoms with Crippen LogP contribution >= 0.6 is 0 Å². The van der Waals surface area contributed by atoms with E-state index in [0.717, 1.165) is 47.9 Å². The number of carbonyl (C=O) groups is 1. The van der Waals surface area contributed by atoms with E-state index < -0.39 is 0 Å². The Morgan fingerprint density at radius 3 is 2.79 bits per heavy atom. The number of aryl methyl sites for hydroxylation is 1. The summed E-state index contributed by atoms with van der Waals surface area (Å²) in [5, 5.41) is 3.00. The minimum atomic E-state index is -0.0587. The summed E-state index contributed by atoms with van der Waals surface area (Å²) in [7, 11) is 1.68. The molecule has 7 heteroatoms. The number of carbonyl (C=O) groups excluding carboxylic acids is 1. The Balaban J connectivity index is 1.31. The summed E-state index contributed by atoms with van der Waals surface area (Å²) >= 11 is 0. The largest absolute Gasteiger partial charge is 0.497 e. The van der Waals surface area contributed by atoms with Crippen LogP contribution in [-0.2, 0) is 6.54 Å². The van der Waals surface area contributed by atoms with Gasteiger partial charge in [-0.15, -0.1) is 0 Å². The molecule has 0 unspecified atom stereocenters. The van der Waals surface area contributed by atoms with Gasteiger partial charge in [-0.3, -0.25) is 4.90 Å². The molecule has 0 saturated carbocycles. The first kappa shape index (κ1) is 18.3. The molecular weight excluding hydrogens is 354 g/mol. The van der Waals surface area contributed by atoms with E-state index in [1.165, 1.54) is 5.56 Å². The molecule has 0 atom stereocenters. The lowest BCUT2D eigenvalue weighted by atomic mass is 10.2. The number of hydrogen-bond donors (Lipinski definition) is 2. The number of H-pyrrole nitrogens is 1. The van der Waals surface area contributed by atoms with Crippen molar-refractivity contribution in [2.75, 3.05) is 38.6 Å². The zero-order valence-electron chi connectivity index (χ0n) is 16.2. The number of urea groups is 1. The molecule has 2 heterocycles. The van der Waals surface area contributed by atoms with Gasteiger partial charge in [0.1, 0.15) is 11.6 Å². The topological polar surface area (TPSA) is 73.5 Å². The molecule has 1 aliphatic rings. The van der Waals surface area contributed by atoms with Crippen molar-refractivity contribution in [3.8, 4) is 5.75 Å². The summed E-state index contributed by atoms with van der Waals surface area (Å²) in [5.41, 5.74) is 3.83. The number of amides is 2. The van der Waals surface area contributed by atoms with E-state index in [1.54, 1.807) is 7.11 Å². The zero-order chi connectivity index (χ0) is 19.5. The van der Waals surface area contributed by atoms with Crippen LogP contribution in [-0.4, -0.2) is 59.1 Å². The number of fused-ring (bicyclic) bond motifs is 1. The lowest BCUT2D eigenvalue weighted by Crippen LogP contribution is -2.49. The number of benzene rings is 2. The number of nitrogens with zero attached hydrogens (tertiary/aromatic N) is 3. The first-order valence-electron chi connectivity index (χ1n) is 9.48. The summed E-state index contributed by atoms with van der Waals surface area (Å²) in [6.45, 7) is 5.90. The molecule has 4 rings (SSSR count). The molecule has 3 aromatic rings. The summed E-state index contributed by atoms with van der Waals surface area (Å²) < 4.78 is 5.29. The molecule has 0 aliphatic carbocycles. The maximum atomic E-state index is 12.6. The van der Waals surface area contributed by atoms with Crippen LogP contribution in [0.15, 0.2) is 42.5 Å². The average Bonchev–Trinajstić information content (AvgIpc) is 3.08. The second kappa shape index (κ2) is 7.90. The van der Waals surface area contributed by atoms with Crippen LogP contribution in [0.4, 0.5) is 10.5 Å². The third-order valence-electron chi connectivity index (χ3n) is 5.05. The summed E-state index contributed by atoms with van der Waals surface area (Å²) in [6.07, 6.45) is 0. The van der Waals surface area contributed by atoms with Gasteiger partial charge in [-0.1, -0.05) is 12.1 Å². The molecule has 0 spiro atoms. The second-order valence-electron chi connectivity index (χ2n) is 7.10. The Labute approximate surface area is 164 Å². The molecule has 0 radical (unpaired) electrons. The second-order valence-corrected chi connectivity index (χ2v) is 7.10. The van der Waals surface area contributed by atoms with Crippen molar-refractivity contribution >= 4 is 22.8 Å². The SMILES string of the molecule is COc1cccc(CN2CCN(C(=O)Nc3ccc4nc(C)[nH]c4c3)CC2)c1. The summed E-state index contributed by atoms with van der Waals surface area (Å²) in [5.74, 6) is 1.74. The van der Waals surface area contributed by atoms with Crippen molar-refractivity contribution in [3.05, 3.63) is 53.9 Å². The Kier molecular flexibility index (Phi) is 5.16. The number of piperazine rings is 1. The van der Waals surface area contributed by atoms with Gasteiger partial charge in [0.25, 0.3) is 0 Å². The van der Waals surface area contributed by atoms with Gasteiger partial charge in [0.2, 0.25) is 0 Å². The first-order valence-corrected chi connectivity index (χ1v) is 9.48. The maximum Gasteiger partial charge on any atom is 0.321 e. The normalized spacial score (nSPS) is 15.0. The first-order chi connectivity index (χ1) is 13.6. The number of aromatic amines is 1. The maximum absolute atomic E-state index is 12.6. The van der Waals surface area contributed by atoms with Crippen LogP contribution < -0.4 is 10.1 Å². The van der Waals surface area contributed by atoms with Crippen LogP contribution in [0.1, 0.15) is 11.4 Å². The van der Waals surface area contributed by atoms with E-state index in [4.69, 9.17) is 4.74 Å². The third-order valence-corrected chi connectivity index (χ3v) is 5.05. The summed E-state index contributed by atoms with van der Waals surface area (Å²) in [4.78, 5) is 24.4. The minimum Gasteiger partial charge on any atom is -0.497 e. The van der Waals surface area contributed by atoms with E-state index in [-0.39, 0.29) is 6.03 Å². The average molecular weight is 379 g/mol. The Bertz CT molecular complexity index is 976. The van der Waals surface area contributed by atoms with Crippen molar-refractivity contribution in [1.82, 2.24) is 19.8 Å². The molecule has 1 aliphatic heterocycles. The molecule has 2 amide bonds. The lowest BCUT2D eigenvalue weighted by molar-refractivity contribution is 0.143. The van der Waals surface area contributed by atoms with Gasteiger partial charge in [0, 0.05) is 38.4 Å². The smallest absolute Gasteiger partial charge is 0.321 e. The predicted octanol–water partition coefficient (Wildman–Crippen LogP) is 3.23. The number of hydrogen-bond acceptors (Lipinski definition) is 4. The highest BCUT2D eigenvalue weighted by atomic mass is 16.5. The Morgan fingerprint density at radius 2 is 2.00 bits per heavy atom. The molecule has 1 saturated heterocycles. The van der Waals surface area contributed by atoms with Crippen molar-refractivity contribution in [2.45, 2.75) is 13.5 Å². The van der Waals surface area contributed by atoms with Crippen molar-refractivity contribution in [3.63, 3.8) is 0 Å². The van der Waals surface area contributed by atoms with Crippen LogP contribution in [0.25, 0.3) is 11.0 Å². The van der Waals surface area contributed by atoms with Crippen molar-refractivity contribution < 1.29 is 9.53 Å². The number of anilines is 1. The highest BCUT2D eigenvalue weighted by Gasteiger charge is 2.21. The van der Waals surface area contributed by atoms with Gasteiger partial charge in [-0.2, -0.15) is 0 Å². The van der Waals surface area contributed by atoms with E-state index in [9.17, 15) is 4.79 Å². The zero-order valence-corrected chi connectivity index (χ0v) is 16.2. The molecular formula is C21H25N5O2. The minimum absolute atomic E-state index is 0.0587. The van der Waals surface area contributed by atoms with E-state index in [2.05, 4.69) is 32.3 Å². The van der Waals surface area contributed by atoms with Crippen molar-refractivity contribution in [1.29, 1.82) is 0 Å². The number of nitrogens with one attached hydrogen (secondary N) is 2. The van der Waals surface area contributed by atoms with Crippen LogP contribution in [0.5, 0.6) is 5.75 Å². The molecule has 2 N–H and O–H groups in total.